The largest absolute Gasteiger partial charge is 0.395 e. The highest BCUT2D eigenvalue weighted by molar-refractivity contribution is 5.96. The number of hydrogen-bond acceptors (Lipinski definition) is 3. The lowest BCUT2D eigenvalue weighted by Gasteiger charge is -2.18. The molecule has 2 aliphatic rings. The van der Waals surface area contributed by atoms with E-state index in [2.05, 4.69) is 12.1 Å². The molecule has 0 aromatic heterocycles. The van der Waals surface area contributed by atoms with Crippen LogP contribution in [-0.4, -0.2) is 36.2 Å². The van der Waals surface area contributed by atoms with Crippen molar-refractivity contribution >= 4 is 12.1 Å². The van der Waals surface area contributed by atoms with Gasteiger partial charge in [-0.3, -0.25) is 4.79 Å². The Kier molecular flexibility index (Phi) is 2.20. The van der Waals surface area contributed by atoms with E-state index in [0.29, 0.717) is 12.5 Å². The highest BCUT2D eigenvalue weighted by Crippen LogP contribution is 2.26. The van der Waals surface area contributed by atoms with Crippen LogP contribution >= 0.6 is 0 Å². The topological polar surface area (TPSA) is 41.9 Å². The second-order valence-corrected chi connectivity index (χ2v) is 3.62. The van der Waals surface area contributed by atoms with Crippen molar-refractivity contribution in [3.05, 3.63) is 0 Å². The van der Waals surface area contributed by atoms with Crippen LogP contribution in [0.4, 0.5) is 0 Å². The quantitative estimate of drug-likeness (QED) is 0.601. The molecule has 72 valence electrons. The van der Waals surface area contributed by atoms with Gasteiger partial charge >= 0.3 is 0 Å². The van der Waals surface area contributed by atoms with Crippen molar-refractivity contribution in [3.63, 3.8) is 0 Å². The van der Waals surface area contributed by atoms with Gasteiger partial charge in [-0.25, -0.2) is 0 Å². The molecule has 1 saturated heterocycles. The first kappa shape index (κ1) is 8.53. The van der Waals surface area contributed by atoms with Crippen LogP contribution in [-0.2, 0) is 9.63 Å². The van der Waals surface area contributed by atoms with Gasteiger partial charge in [-0.2, -0.15) is 0 Å². The molecule has 4 nitrogen and oxygen atoms in total. The van der Waals surface area contributed by atoms with Crippen LogP contribution in [0.1, 0.15) is 19.8 Å². The molecule has 0 spiro atoms. The Labute approximate surface area is 77.5 Å². The summed E-state index contributed by atoms with van der Waals surface area (Å²) in [6.07, 6.45) is 3.00. The summed E-state index contributed by atoms with van der Waals surface area (Å²) in [6, 6.07) is 0.204. The molecule has 0 aliphatic carbocycles. The van der Waals surface area contributed by atoms with E-state index in [1.165, 1.54) is 0 Å². The average molecular weight is 182 g/mol. The molecule has 13 heavy (non-hydrogen) atoms. The maximum Gasteiger partial charge on any atom is 0.210 e. The van der Waals surface area contributed by atoms with E-state index >= 15 is 0 Å². The van der Waals surface area contributed by atoms with Crippen molar-refractivity contribution < 1.29 is 9.63 Å². The third kappa shape index (κ3) is 1.30. The maximum atomic E-state index is 10.8. The van der Waals surface area contributed by atoms with Gasteiger partial charge in [-0.15, -0.1) is 0 Å². The van der Waals surface area contributed by atoms with E-state index in [4.69, 9.17) is 4.84 Å². The van der Waals surface area contributed by atoms with Gasteiger partial charge in [0.2, 0.25) is 6.41 Å². The number of carbonyl (C=O) groups is 1. The molecule has 1 fully saturated rings. The van der Waals surface area contributed by atoms with Crippen LogP contribution in [0.25, 0.3) is 0 Å². The Morgan fingerprint density at radius 2 is 2.62 bits per heavy atom. The van der Waals surface area contributed by atoms with Crippen molar-refractivity contribution in [2.24, 2.45) is 11.1 Å². The highest BCUT2D eigenvalue weighted by atomic mass is 16.6. The van der Waals surface area contributed by atoms with Crippen molar-refractivity contribution in [2.75, 3.05) is 13.2 Å². The summed E-state index contributed by atoms with van der Waals surface area (Å²) in [5.74, 6) is 0.363. The second kappa shape index (κ2) is 3.36. The maximum absolute atomic E-state index is 10.8. The van der Waals surface area contributed by atoms with E-state index in [-0.39, 0.29) is 6.04 Å². The summed E-state index contributed by atoms with van der Waals surface area (Å²) in [4.78, 5) is 17.6. The molecule has 1 amide bonds. The molecule has 0 aromatic rings. The van der Waals surface area contributed by atoms with E-state index in [0.717, 1.165) is 31.5 Å². The number of nitrogens with zero attached hydrogens (tertiary/aromatic N) is 2. The fourth-order valence-corrected chi connectivity index (χ4v) is 2.10. The molecule has 2 atom stereocenters. The first-order valence-electron chi connectivity index (χ1n) is 4.77. The molecule has 0 saturated carbocycles. The summed E-state index contributed by atoms with van der Waals surface area (Å²) < 4.78 is 0. The van der Waals surface area contributed by atoms with E-state index in [9.17, 15) is 4.79 Å². The van der Waals surface area contributed by atoms with Crippen LogP contribution in [0.2, 0.25) is 0 Å². The lowest BCUT2D eigenvalue weighted by atomic mass is 10.0. The third-order valence-electron chi connectivity index (χ3n) is 2.73. The van der Waals surface area contributed by atoms with Gasteiger partial charge in [0.05, 0.1) is 17.7 Å². The number of fused-ring (bicyclic) bond motifs is 1. The summed E-state index contributed by atoms with van der Waals surface area (Å²) in [7, 11) is 0. The van der Waals surface area contributed by atoms with Crippen LogP contribution in [0.3, 0.4) is 0 Å². The molecule has 2 aliphatic heterocycles. The van der Waals surface area contributed by atoms with Crippen molar-refractivity contribution in [2.45, 2.75) is 25.8 Å². The fraction of sp³-hybridized carbons (Fsp3) is 0.778. The van der Waals surface area contributed by atoms with Crippen molar-refractivity contribution in [3.8, 4) is 0 Å². The molecular formula is C9H14N2O2. The lowest BCUT2D eigenvalue weighted by molar-refractivity contribution is -0.118. The van der Waals surface area contributed by atoms with Crippen molar-refractivity contribution in [1.29, 1.82) is 0 Å². The van der Waals surface area contributed by atoms with Gasteiger partial charge < -0.3 is 9.74 Å². The first-order valence-corrected chi connectivity index (χ1v) is 4.77. The van der Waals surface area contributed by atoms with Crippen molar-refractivity contribution in [1.82, 2.24) is 4.90 Å². The van der Waals surface area contributed by atoms with Crippen LogP contribution in [0.5, 0.6) is 0 Å². The zero-order valence-corrected chi connectivity index (χ0v) is 7.77. The summed E-state index contributed by atoms with van der Waals surface area (Å²) in [5.41, 5.74) is 1.08. The van der Waals surface area contributed by atoms with Gasteiger partial charge in [0.25, 0.3) is 0 Å². The fourth-order valence-electron chi connectivity index (χ4n) is 2.10. The number of rotatable bonds is 3. The molecule has 0 unspecified atom stereocenters. The van der Waals surface area contributed by atoms with Gasteiger partial charge in [0.1, 0.15) is 6.61 Å². The minimum absolute atomic E-state index is 0.204. The molecule has 0 aromatic carbocycles. The summed E-state index contributed by atoms with van der Waals surface area (Å²) in [5, 5.41) is 4.01. The molecule has 0 radical (unpaired) electrons. The normalized spacial score (nSPS) is 31.2. The van der Waals surface area contributed by atoms with E-state index < -0.39 is 0 Å². The van der Waals surface area contributed by atoms with Crippen LogP contribution in [0, 0.1) is 5.92 Å². The van der Waals surface area contributed by atoms with Gasteiger partial charge in [0.15, 0.2) is 0 Å². The number of amides is 1. The van der Waals surface area contributed by atoms with Gasteiger partial charge in [0, 0.05) is 6.54 Å². The number of carbonyl (C=O) groups excluding carboxylic acids is 1. The molecular weight excluding hydrogens is 168 g/mol. The van der Waals surface area contributed by atoms with Gasteiger partial charge in [-0.1, -0.05) is 18.5 Å². The molecule has 2 rings (SSSR count). The zero-order chi connectivity index (χ0) is 9.26. The second-order valence-electron chi connectivity index (χ2n) is 3.62. The molecule has 2 heterocycles. The smallest absolute Gasteiger partial charge is 0.210 e. The summed E-state index contributed by atoms with van der Waals surface area (Å²) >= 11 is 0. The number of likely N-dealkylation sites (tertiary alicyclic amines) is 1. The van der Waals surface area contributed by atoms with Gasteiger partial charge in [-0.05, 0) is 6.42 Å². The number of oxime groups is 1. The Morgan fingerprint density at radius 3 is 3.31 bits per heavy atom. The Balaban J connectivity index is 2.14. The van der Waals surface area contributed by atoms with Crippen LogP contribution in [0.15, 0.2) is 5.16 Å². The lowest BCUT2D eigenvalue weighted by Crippen LogP contribution is -2.31. The Bertz CT molecular complexity index is 240. The Morgan fingerprint density at radius 1 is 1.77 bits per heavy atom. The zero-order valence-electron chi connectivity index (χ0n) is 7.77. The van der Waals surface area contributed by atoms with E-state index in [1.807, 2.05) is 4.90 Å². The minimum atomic E-state index is 0.204. The predicted octanol–water partition coefficient (Wildman–Crippen LogP) is 0.629. The first-order chi connectivity index (χ1) is 6.36. The average Bonchev–Trinajstić information content (AvgIpc) is 2.67. The predicted molar refractivity (Wildman–Crippen MR) is 48.3 cm³/mol. The minimum Gasteiger partial charge on any atom is -0.395 e. The Hall–Kier alpha value is -1.06. The standard InChI is InChI=1S/C9H14N2O2/c1-2-3-8-9-7(5-13-10-9)4-11(8)6-12/h6-8H,2-5H2,1H3/t7-,8+/m1/s1. The molecule has 4 heteroatoms. The highest BCUT2D eigenvalue weighted by Gasteiger charge is 2.40. The molecule has 0 bridgehead atoms. The van der Waals surface area contributed by atoms with Crippen LogP contribution < -0.4 is 0 Å². The molecule has 0 N–H and O–H groups in total. The number of hydrogen-bond donors (Lipinski definition) is 0. The van der Waals surface area contributed by atoms with E-state index in [1.54, 1.807) is 0 Å². The monoisotopic (exact) mass is 182 g/mol. The SMILES string of the molecule is CCC[C@H]1C2=NOC[C@H]2CN1C=O. The third-order valence-corrected chi connectivity index (χ3v) is 2.73. The summed E-state index contributed by atoms with van der Waals surface area (Å²) in [6.45, 7) is 3.56.